The number of amides is 1. The van der Waals surface area contributed by atoms with Gasteiger partial charge in [-0.05, 0) is 50.8 Å². The van der Waals surface area contributed by atoms with E-state index in [1.807, 2.05) is 33.9 Å². The lowest BCUT2D eigenvalue weighted by Gasteiger charge is -2.31. The van der Waals surface area contributed by atoms with Crippen molar-refractivity contribution in [1.29, 1.82) is 0 Å². The average molecular weight is 459 g/mol. The molecule has 3 heterocycles. The highest BCUT2D eigenvalue weighted by molar-refractivity contribution is 6.07. The molecular formula is C26H30N6O2. The number of carbonyl (C=O) groups excluding carboxylic acids is 1. The van der Waals surface area contributed by atoms with Crippen molar-refractivity contribution in [2.75, 3.05) is 25.4 Å². The van der Waals surface area contributed by atoms with E-state index >= 15 is 0 Å². The van der Waals surface area contributed by atoms with Gasteiger partial charge in [0.1, 0.15) is 11.4 Å². The molecule has 1 atom stereocenters. The number of fused-ring (bicyclic) bond motifs is 1. The van der Waals surface area contributed by atoms with Gasteiger partial charge in [0.05, 0.1) is 11.1 Å². The van der Waals surface area contributed by atoms with Crippen LogP contribution in [0, 0.1) is 11.8 Å². The molecule has 8 heteroatoms. The molecule has 1 saturated carbocycles. The van der Waals surface area contributed by atoms with Crippen molar-refractivity contribution >= 4 is 22.8 Å². The van der Waals surface area contributed by atoms with Crippen LogP contribution in [0.1, 0.15) is 54.9 Å². The van der Waals surface area contributed by atoms with Gasteiger partial charge in [0.25, 0.3) is 5.91 Å². The molecule has 0 radical (unpaired) electrons. The molecule has 2 fully saturated rings. The van der Waals surface area contributed by atoms with Crippen molar-refractivity contribution in [1.82, 2.24) is 24.8 Å². The Bertz CT molecular complexity index is 1280. The molecule has 1 aliphatic carbocycles. The molecule has 0 unspecified atom stereocenters. The highest BCUT2D eigenvalue weighted by Gasteiger charge is 2.27. The zero-order valence-electron chi connectivity index (χ0n) is 19.4. The maximum absolute atomic E-state index is 13.5. The van der Waals surface area contributed by atoms with Gasteiger partial charge in [0.2, 0.25) is 5.95 Å². The van der Waals surface area contributed by atoms with Crippen LogP contribution in [-0.2, 0) is 0 Å². The highest BCUT2D eigenvalue weighted by Crippen LogP contribution is 2.29. The Labute approximate surface area is 199 Å². The number of nitrogen functional groups attached to an aromatic ring is 1. The number of hydrogen-bond acceptors (Lipinski definition) is 6. The first-order valence-electron chi connectivity index (χ1n) is 11.9. The maximum atomic E-state index is 13.5. The molecule has 1 saturated heterocycles. The Morgan fingerprint density at radius 2 is 2.09 bits per heavy atom. The Morgan fingerprint density at radius 1 is 1.26 bits per heavy atom. The number of piperazine rings is 1. The fraction of sp³-hybridized carbons (Fsp3) is 0.423. The summed E-state index contributed by atoms with van der Waals surface area (Å²) in [6, 6.07) is 7.81. The predicted octanol–water partition coefficient (Wildman–Crippen LogP) is 2.48. The first-order valence-corrected chi connectivity index (χ1v) is 11.9. The SMILES string of the molecule is C[C@H]1CN(C(=O)c2cn(-c3ccnc(N)n3)c3cc(C#CC4(O)CCCCC4)ccc23)CCN1. The fourth-order valence-corrected chi connectivity index (χ4v) is 4.90. The zero-order chi connectivity index (χ0) is 23.7. The van der Waals surface area contributed by atoms with E-state index in [1.165, 1.54) is 0 Å². The van der Waals surface area contributed by atoms with Crippen LogP contribution in [0.25, 0.3) is 16.7 Å². The van der Waals surface area contributed by atoms with Crippen LogP contribution in [0.3, 0.4) is 0 Å². The molecule has 5 rings (SSSR count). The molecule has 1 aromatic carbocycles. The van der Waals surface area contributed by atoms with Crippen molar-refractivity contribution in [3.05, 3.63) is 47.8 Å². The summed E-state index contributed by atoms with van der Waals surface area (Å²) >= 11 is 0. The number of aliphatic hydroxyl groups is 1. The van der Waals surface area contributed by atoms with Crippen LogP contribution in [0.4, 0.5) is 5.95 Å². The molecular weight excluding hydrogens is 428 g/mol. The van der Waals surface area contributed by atoms with E-state index in [4.69, 9.17) is 5.73 Å². The zero-order valence-corrected chi connectivity index (χ0v) is 19.4. The molecule has 0 bridgehead atoms. The molecule has 0 spiro atoms. The molecule has 2 aromatic heterocycles. The summed E-state index contributed by atoms with van der Waals surface area (Å²) < 4.78 is 1.87. The van der Waals surface area contributed by atoms with Gasteiger partial charge in [-0.25, -0.2) is 4.98 Å². The number of rotatable bonds is 2. The lowest BCUT2D eigenvalue weighted by molar-refractivity contribution is 0.0610. The van der Waals surface area contributed by atoms with E-state index < -0.39 is 5.60 Å². The topological polar surface area (TPSA) is 109 Å². The molecule has 34 heavy (non-hydrogen) atoms. The number of nitrogens with two attached hydrogens (primary N) is 1. The first kappa shape index (κ1) is 22.4. The number of nitrogens with zero attached hydrogens (tertiary/aromatic N) is 4. The lowest BCUT2D eigenvalue weighted by atomic mass is 9.85. The standard InChI is InChI=1S/C26H30N6O2/c1-18-16-31(14-13-28-18)24(33)21-17-32(23-8-12-29-25(27)30-23)22-15-19(5-6-20(21)22)7-11-26(34)9-3-2-4-10-26/h5-6,8,12,15,17-18,28,34H,2-4,9-10,13-14,16H2,1H3,(H2,27,29,30)/t18-/m0/s1. The normalized spacial score (nSPS) is 20.1. The first-order chi connectivity index (χ1) is 16.4. The third-order valence-corrected chi connectivity index (χ3v) is 6.72. The Balaban J connectivity index is 1.58. The van der Waals surface area contributed by atoms with Crippen LogP contribution in [0.15, 0.2) is 36.7 Å². The van der Waals surface area contributed by atoms with Crippen molar-refractivity contribution in [2.24, 2.45) is 0 Å². The average Bonchev–Trinajstić information content (AvgIpc) is 3.22. The molecule has 2 aliphatic rings. The number of nitrogens with one attached hydrogen (secondary N) is 1. The van der Waals surface area contributed by atoms with Crippen molar-refractivity contribution in [3.8, 4) is 17.7 Å². The largest absolute Gasteiger partial charge is 0.378 e. The minimum atomic E-state index is -0.920. The van der Waals surface area contributed by atoms with Gasteiger partial charge in [-0.3, -0.25) is 4.79 Å². The predicted molar refractivity (Wildman–Crippen MR) is 132 cm³/mol. The molecule has 1 amide bonds. The van der Waals surface area contributed by atoms with Gasteiger partial charge >= 0.3 is 0 Å². The molecule has 8 nitrogen and oxygen atoms in total. The van der Waals surface area contributed by atoms with E-state index in [0.29, 0.717) is 37.3 Å². The summed E-state index contributed by atoms with van der Waals surface area (Å²) in [5.41, 5.74) is 7.14. The number of benzene rings is 1. The lowest BCUT2D eigenvalue weighted by Crippen LogP contribution is -2.51. The highest BCUT2D eigenvalue weighted by atomic mass is 16.3. The number of carbonyl (C=O) groups is 1. The van der Waals surface area contributed by atoms with Crippen LogP contribution in [0.2, 0.25) is 0 Å². The van der Waals surface area contributed by atoms with Crippen molar-refractivity contribution in [3.63, 3.8) is 0 Å². The minimum absolute atomic E-state index is 0.00511. The van der Waals surface area contributed by atoms with E-state index in [9.17, 15) is 9.90 Å². The minimum Gasteiger partial charge on any atom is -0.378 e. The Kier molecular flexibility index (Phi) is 5.98. The summed E-state index contributed by atoms with van der Waals surface area (Å²) in [5.74, 6) is 7.02. The van der Waals surface area contributed by atoms with E-state index in [0.717, 1.165) is 42.3 Å². The quantitative estimate of drug-likeness (QED) is 0.509. The van der Waals surface area contributed by atoms with E-state index in [2.05, 4.69) is 34.0 Å². The molecule has 176 valence electrons. The van der Waals surface area contributed by atoms with Crippen molar-refractivity contribution < 1.29 is 9.90 Å². The van der Waals surface area contributed by atoms with Gasteiger partial charge in [0.15, 0.2) is 0 Å². The molecule has 4 N–H and O–H groups in total. The maximum Gasteiger partial charge on any atom is 0.256 e. The second-order valence-corrected chi connectivity index (χ2v) is 9.37. The van der Waals surface area contributed by atoms with E-state index in [-0.39, 0.29) is 17.9 Å². The summed E-state index contributed by atoms with van der Waals surface area (Å²) in [6.45, 7) is 4.18. The third-order valence-electron chi connectivity index (χ3n) is 6.72. The third kappa shape index (κ3) is 4.49. The summed E-state index contributed by atoms with van der Waals surface area (Å²) in [6.07, 6.45) is 7.99. The van der Waals surface area contributed by atoms with Gasteiger partial charge in [-0.2, -0.15) is 4.98 Å². The number of anilines is 1. The van der Waals surface area contributed by atoms with Crippen LogP contribution < -0.4 is 11.1 Å². The van der Waals surface area contributed by atoms with Gasteiger partial charge in [-0.1, -0.05) is 24.3 Å². The summed E-state index contributed by atoms with van der Waals surface area (Å²) in [5, 5.41) is 15.0. The van der Waals surface area contributed by atoms with Crippen LogP contribution in [0.5, 0.6) is 0 Å². The Hall–Kier alpha value is -3.41. The van der Waals surface area contributed by atoms with Gasteiger partial charge in [0, 0.05) is 49.0 Å². The summed E-state index contributed by atoms with van der Waals surface area (Å²) in [7, 11) is 0. The summed E-state index contributed by atoms with van der Waals surface area (Å²) in [4.78, 5) is 23.8. The fourth-order valence-electron chi connectivity index (χ4n) is 4.90. The number of aromatic nitrogens is 3. The monoisotopic (exact) mass is 458 g/mol. The second kappa shape index (κ2) is 9.09. The second-order valence-electron chi connectivity index (χ2n) is 9.37. The van der Waals surface area contributed by atoms with Crippen molar-refractivity contribution in [2.45, 2.75) is 50.7 Å². The molecule has 3 aromatic rings. The van der Waals surface area contributed by atoms with E-state index in [1.54, 1.807) is 12.3 Å². The van der Waals surface area contributed by atoms with Gasteiger partial charge < -0.3 is 25.6 Å². The Morgan fingerprint density at radius 3 is 2.85 bits per heavy atom. The smallest absolute Gasteiger partial charge is 0.256 e. The van der Waals surface area contributed by atoms with Crippen LogP contribution in [-0.4, -0.2) is 61.7 Å². The van der Waals surface area contributed by atoms with Crippen LogP contribution >= 0.6 is 0 Å². The number of hydrogen-bond donors (Lipinski definition) is 3. The van der Waals surface area contributed by atoms with Gasteiger partial charge in [-0.15, -0.1) is 0 Å². The molecule has 1 aliphatic heterocycles.